The average Bonchev–Trinajstić information content (AvgIpc) is 0. The zero-order chi connectivity index (χ0) is 0. The van der Waals surface area contributed by atoms with Gasteiger partial charge in [0.15, 0.2) is 0 Å². The van der Waals surface area contributed by atoms with Crippen molar-refractivity contribution >= 4 is 0 Å². The van der Waals surface area contributed by atoms with Gasteiger partial charge in [0.25, 0.3) is 0 Å². The molecule has 0 aliphatic carbocycles. The summed E-state index contributed by atoms with van der Waals surface area (Å²) in [5.74, 6) is 0. The largest absolute Gasteiger partial charge is 3.00 e. The first-order chi connectivity index (χ1) is 0. The Morgan fingerprint density at radius 3 is 0.600 bits per heavy atom. The molecule has 0 saturated carbocycles. The normalized spacial score (nSPS) is 0. The molecule has 0 aromatic carbocycles. The predicted octanol–water partition coefficient (Wildman–Crippen LogP) is -0.359. The van der Waals surface area contributed by atoms with Crippen molar-refractivity contribution in [3.8, 4) is 0 Å². The first-order valence-electron chi connectivity index (χ1n) is 0. The molecule has 0 aromatic heterocycles. The van der Waals surface area contributed by atoms with Crippen molar-refractivity contribution in [3.63, 3.8) is 0 Å². The van der Waals surface area contributed by atoms with Gasteiger partial charge in [0, 0.05) is 0 Å². The van der Waals surface area contributed by atoms with Crippen LogP contribution in [-0.2, 0) is 35.9 Å². The van der Waals surface area contributed by atoms with Crippen LogP contribution in [0, 0.1) is 40.4 Å². The number of rotatable bonds is 0. The summed E-state index contributed by atoms with van der Waals surface area (Å²) >= 11 is 0. The molecule has 0 aliphatic rings. The van der Waals surface area contributed by atoms with Gasteiger partial charge >= 0.3 is 59.9 Å². The second-order valence-corrected chi connectivity index (χ2v) is 0. The van der Waals surface area contributed by atoms with Gasteiger partial charge < -0.3 is 16.4 Å². The fourth-order valence-electron chi connectivity index (χ4n) is 0. The summed E-state index contributed by atoms with van der Waals surface area (Å²) in [5, 5.41) is 0. The fraction of sp³-hybridized carbons (Fsp3) is 0. The summed E-state index contributed by atoms with van der Waals surface area (Å²) in [6.45, 7) is 0. The van der Waals surface area contributed by atoms with Crippen LogP contribution in [0.2, 0.25) is 0 Å². The Labute approximate surface area is 75.3 Å². The van der Waals surface area contributed by atoms with Gasteiger partial charge in [0.2, 0.25) is 0 Å². The van der Waals surface area contributed by atoms with Crippen molar-refractivity contribution in [1.29, 1.82) is 0 Å². The van der Waals surface area contributed by atoms with Crippen LogP contribution in [0.15, 0.2) is 0 Å². The van der Waals surface area contributed by atoms with Crippen molar-refractivity contribution in [3.05, 3.63) is 0 Å². The van der Waals surface area contributed by atoms with Gasteiger partial charge in [-0.1, -0.05) is 0 Å². The molecule has 0 saturated heterocycles. The van der Waals surface area contributed by atoms with Gasteiger partial charge in [-0.05, 0) is 0 Å². The molecule has 3 nitrogen and oxygen atoms in total. The Bertz CT molecular complexity index is 6.85. The van der Waals surface area contributed by atoms with Crippen LogP contribution in [0.3, 0.4) is 0 Å². The van der Waals surface area contributed by atoms with Gasteiger partial charge in [-0.2, -0.15) is 0 Å². The van der Waals surface area contributed by atoms with E-state index in [0.717, 1.165) is 0 Å². The average molecular weight is 296 g/mol. The van der Waals surface area contributed by atoms with E-state index in [1.54, 1.807) is 0 Å². The van der Waals surface area contributed by atoms with E-state index in [4.69, 9.17) is 0 Å². The van der Waals surface area contributed by atoms with E-state index in [1.807, 2.05) is 0 Å². The van der Waals surface area contributed by atoms with Gasteiger partial charge in [0.1, 0.15) is 0 Å². The van der Waals surface area contributed by atoms with Crippen LogP contribution in [0.4, 0.5) is 0 Å². The van der Waals surface area contributed by atoms with E-state index in [9.17, 15) is 0 Å². The zero-order valence-electron chi connectivity index (χ0n) is 2.01. The van der Waals surface area contributed by atoms with Crippen molar-refractivity contribution in [2.75, 3.05) is 0 Å². The van der Waals surface area contributed by atoms with Crippen molar-refractivity contribution < 1.29 is 76.3 Å². The van der Waals surface area contributed by atoms with Crippen molar-refractivity contribution in [1.82, 2.24) is 0 Å². The summed E-state index contributed by atoms with van der Waals surface area (Å²) in [7, 11) is 0. The van der Waals surface area contributed by atoms with Crippen LogP contribution in [0.5, 0.6) is 0 Å². The first-order valence-corrected chi connectivity index (χ1v) is 0. The summed E-state index contributed by atoms with van der Waals surface area (Å²) in [5.41, 5.74) is 0. The number of hydrogen-bond acceptors (Lipinski definition) is 0. The maximum Gasteiger partial charge on any atom is 3.00 e. The molecule has 0 bridgehead atoms. The Morgan fingerprint density at radius 2 is 0.600 bits per heavy atom. The third kappa shape index (κ3) is 25.4. The number of hydrogen-bond donors (Lipinski definition) is 0. The molecule has 32 valence electrons. The van der Waals surface area contributed by atoms with Gasteiger partial charge in [-0.15, -0.1) is 0 Å². The van der Waals surface area contributed by atoms with E-state index >= 15 is 0 Å². The molecule has 0 amide bonds. The second kappa shape index (κ2) is 40.4. The van der Waals surface area contributed by atoms with E-state index in [0.29, 0.717) is 0 Å². The molecule has 0 aliphatic heterocycles. The molecule has 0 N–H and O–H groups in total. The predicted molar refractivity (Wildman–Crippen MR) is 2.06 cm³/mol. The SMILES string of the molecule is [O-2].[O-2].[O-2].[Pm+3].[Rh+3]. The Hall–Kier alpha value is 1.84. The maximum atomic E-state index is 0. The van der Waals surface area contributed by atoms with Crippen molar-refractivity contribution in [2.45, 2.75) is 0 Å². The molecular formula is O3PmRh. The summed E-state index contributed by atoms with van der Waals surface area (Å²) in [6.07, 6.45) is 0. The molecule has 0 radical (unpaired) electrons. The smallest absolute Gasteiger partial charge is 2.00 e. The van der Waals surface area contributed by atoms with Crippen LogP contribution >= 0.6 is 0 Å². The zero-order valence-corrected chi connectivity index (χ0v) is 6.51. The molecule has 0 heterocycles. The Balaban J connectivity index is 0. The fourth-order valence-corrected chi connectivity index (χ4v) is 0. The maximum absolute atomic E-state index is 0. The van der Waals surface area contributed by atoms with E-state index in [2.05, 4.69) is 0 Å². The molecule has 0 fully saturated rings. The quantitative estimate of drug-likeness (QED) is 0.547. The topological polar surface area (TPSA) is 85.5 Å². The van der Waals surface area contributed by atoms with Crippen LogP contribution in [-0.4, -0.2) is 0 Å². The minimum atomic E-state index is 0. The Kier molecular flexibility index (Phi) is 556. The van der Waals surface area contributed by atoms with Gasteiger partial charge in [-0.3, -0.25) is 0 Å². The molecule has 5 heavy (non-hydrogen) atoms. The molecule has 5 heteroatoms. The molecule has 0 rings (SSSR count). The van der Waals surface area contributed by atoms with Crippen molar-refractivity contribution in [2.24, 2.45) is 0 Å². The van der Waals surface area contributed by atoms with Crippen LogP contribution in [0.25, 0.3) is 0 Å². The molecular weight excluding hydrogens is 296 g/mol. The van der Waals surface area contributed by atoms with E-state index in [-0.39, 0.29) is 76.3 Å². The molecule has 0 unspecified atom stereocenters. The van der Waals surface area contributed by atoms with Crippen LogP contribution < -0.4 is 0 Å². The summed E-state index contributed by atoms with van der Waals surface area (Å²) in [4.78, 5) is 0. The van der Waals surface area contributed by atoms with Crippen LogP contribution in [0.1, 0.15) is 0 Å². The second-order valence-electron chi connectivity index (χ2n) is 0. The summed E-state index contributed by atoms with van der Waals surface area (Å²) < 4.78 is 0. The third-order valence-electron chi connectivity index (χ3n) is 0. The minimum absolute atomic E-state index is 0. The van der Waals surface area contributed by atoms with E-state index < -0.39 is 0 Å². The van der Waals surface area contributed by atoms with Gasteiger partial charge in [-0.25, -0.2) is 0 Å². The standard InChI is InChI=1S/3O.Pm.Rh/q3*-2;2*+3. The molecule has 0 spiro atoms. The van der Waals surface area contributed by atoms with E-state index in [1.165, 1.54) is 0 Å². The monoisotopic (exact) mass is 296 g/mol. The molecule has 0 aromatic rings. The summed E-state index contributed by atoms with van der Waals surface area (Å²) in [6, 6.07) is 0. The first kappa shape index (κ1) is 68.9. The third-order valence-corrected chi connectivity index (χ3v) is 0. The minimum Gasteiger partial charge on any atom is -2.00 e. The molecule has 0 atom stereocenters. The Morgan fingerprint density at radius 1 is 0.600 bits per heavy atom. The van der Waals surface area contributed by atoms with Gasteiger partial charge in [0.05, 0.1) is 0 Å².